The molecule has 0 heterocycles. The Morgan fingerprint density at radius 3 is 2.46 bits per heavy atom. The summed E-state index contributed by atoms with van der Waals surface area (Å²) in [5.74, 6) is -1.04. The number of hydrogen-bond acceptors (Lipinski definition) is 1. The molecule has 0 aromatic heterocycles. The van der Waals surface area contributed by atoms with Crippen LogP contribution in [0.25, 0.3) is 0 Å². The topological polar surface area (TPSA) is 37.3 Å². The number of carboxylic acids is 1. The van der Waals surface area contributed by atoms with Crippen molar-refractivity contribution in [3.63, 3.8) is 0 Å². The van der Waals surface area contributed by atoms with E-state index in [1.54, 1.807) is 0 Å². The summed E-state index contributed by atoms with van der Waals surface area (Å²) < 4.78 is 12.8. The van der Waals surface area contributed by atoms with Gasteiger partial charge in [0.2, 0.25) is 0 Å². The highest BCUT2D eigenvalue weighted by Crippen LogP contribution is 2.11. The molecular weight excluding hydrogens is 171 g/mol. The van der Waals surface area contributed by atoms with Crippen molar-refractivity contribution in [2.24, 2.45) is 0 Å². The second kappa shape index (κ2) is 8.02. The smallest absolute Gasteiger partial charge is 0.306 e. The van der Waals surface area contributed by atoms with Crippen LogP contribution in [0.5, 0.6) is 0 Å². The van der Waals surface area contributed by atoms with Crippen LogP contribution >= 0.6 is 0 Å². The molecule has 1 atom stereocenters. The number of aliphatic carboxylic acids is 1. The summed E-state index contributed by atoms with van der Waals surface area (Å²) in [6.07, 6.45) is 4.24. The molecule has 0 aromatic rings. The zero-order chi connectivity index (χ0) is 10.1. The normalized spacial score (nSPS) is 12.8. The summed E-state index contributed by atoms with van der Waals surface area (Å²) in [4.78, 5) is 10.1. The van der Waals surface area contributed by atoms with Crippen LogP contribution in [0.2, 0.25) is 0 Å². The number of carbonyl (C=O) groups is 1. The Labute approximate surface area is 79.1 Å². The van der Waals surface area contributed by atoms with Crippen molar-refractivity contribution in [3.05, 3.63) is 0 Å². The maximum atomic E-state index is 12.8. The summed E-state index contributed by atoms with van der Waals surface area (Å²) in [7, 11) is 0. The molecule has 0 aliphatic carbocycles. The van der Waals surface area contributed by atoms with Crippen LogP contribution in [-0.2, 0) is 4.79 Å². The fourth-order valence-electron chi connectivity index (χ4n) is 1.26. The van der Waals surface area contributed by atoms with E-state index < -0.39 is 12.1 Å². The zero-order valence-electron chi connectivity index (χ0n) is 8.26. The quantitative estimate of drug-likeness (QED) is 0.597. The average Bonchev–Trinajstić information content (AvgIpc) is 2.02. The highest BCUT2D eigenvalue weighted by Gasteiger charge is 2.10. The summed E-state index contributed by atoms with van der Waals surface area (Å²) in [6.45, 7) is 2.13. The number of hydrogen-bond donors (Lipinski definition) is 1. The third kappa shape index (κ3) is 9.31. The first-order chi connectivity index (χ1) is 6.16. The van der Waals surface area contributed by atoms with Crippen LogP contribution in [0, 0.1) is 0 Å². The third-order valence-electron chi connectivity index (χ3n) is 2.02. The second-order valence-corrected chi connectivity index (χ2v) is 3.40. The lowest BCUT2D eigenvalue weighted by molar-refractivity contribution is -0.138. The van der Waals surface area contributed by atoms with Crippen molar-refractivity contribution in [3.8, 4) is 0 Å². The van der Waals surface area contributed by atoms with Crippen LogP contribution < -0.4 is 0 Å². The first-order valence-electron chi connectivity index (χ1n) is 5.02. The molecule has 0 aliphatic rings. The lowest BCUT2D eigenvalue weighted by atomic mass is 10.1. The van der Waals surface area contributed by atoms with Crippen molar-refractivity contribution in [2.45, 2.75) is 58.0 Å². The molecule has 0 amide bonds. The van der Waals surface area contributed by atoms with E-state index in [0.717, 1.165) is 19.3 Å². The number of unbranched alkanes of at least 4 members (excludes halogenated alkanes) is 4. The lowest BCUT2D eigenvalue weighted by Gasteiger charge is -2.04. The Morgan fingerprint density at radius 1 is 1.31 bits per heavy atom. The van der Waals surface area contributed by atoms with Crippen molar-refractivity contribution in [1.82, 2.24) is 0 Å². The van der Waals surface area contributed by atoms with Crippen molar-refractivity contribution >= 4 is 5.97 Å². The van der Waals surface area contributed by atoms with E-state index in [9.17, 15) is 9.18 Å². The lowest BCUT2D eigenvalue weighted by Crippen LogP contribution is -2.07. The van der Waals surface area contributed by atoms with E-state index >= 15 is 0 Å². The highest BCUT2D eigenvalue weighted by molar-refractivity contribution is 5.67. The highest BCUT2D eigenvalue weighted by atomic mass is 19.1. The third-order valence-corrected chi connectivity index (χ3v) is 2.02. The predicted molar refractivity (Wildman–Crippen MR) is 50.5 cm³/mol. The molecule has 3 heteroatoms. The summed E-state index contributed by atoms with van der Waals surface area (Å²) in [5.41, 5.74) is 0. The summed E-state index contributed by atoms with van der Waals surface area (Å²) >= 11 is 0. The molecule has 0 rings (SSSR count). The molecule has 0 saturated carbocycles. The first kappa shape index (κ1) is 12.4. The van der Waals surface area contributed by atoms with E-state index in [-0.39, 0.29) is 6.42 Å². The van der Waals surface area contributed by atoms with E-state index in [2.05, 4.69) is 6.92 Å². The van der Waals surface area contributed by atoms with E-state index in [1.165, 1.54) is 12.8 Å². The minimum absolute atomic E-state index is 0.340. The van der Waals surface area contributed by atoms with Gasteiger partial charge in [-0.1, -0.05) is 39.0 Å². The van der Waals surface area contributed by atoms with E-state index in [1.807, 2.05) is 0 Å². The second-order valence-electron chi connectivity index (χ2n) is 3.40. The molecular formula is C10H19FO2. The maximum absolute atomic E-state index is 12.8. The van der Waals surface area contributed by atoms with E-state index in [0.29, 0.717) is 6.42 Å². The number of carboxylic acid groups (broad SMARTS) is 1. The van der Waals surface area contributed by atoms with Gasteiger partial charge >= 0.3 is 5.97 Å². The van der Waals surface area contributed by atoms with Gasteiger partial charge in [-0.3, -0.25) is 4.79 Å². The Kier molecular flexibility index (Phi) is 7.65. The molecule has 0 fully saturated rings. The van der Waals surface area contributed by atoms with Gasteiger partial charge < -0.3 is 5.11 Å². The Bertz CT molecular complexity index is 137. The zero-order valence-corrected chi connectivity index (χ0v) is 8.26. The molecule has 1 N–H and O–H groups in total. The molecule has 13 heavy (non-hydrogen) atoms. The summed E-state index contributed by atoms with van der Waals surface area (Å²) in [5, 5.41) is 8.28. The molecule has 0 aliphatic heterocycles. The average molecular weight is 190 g/mol. The van der Waals surface area contributed by atoms with Gasteiger partial charge in [-0.2, -0.15) is 0 Å². The number of rotatable bonds is 8. The molecule has 0 aromatic carbocycles. The predicted octanol–water partition coefficient (Wildman–Crippen LogP) is 3.16. The van der Waals surface area contributed by atoms with Crippen LogP contribution in [0.15, 0.2) is 0 Å². The largest absolute Gasteiger partial charge is 0.481 e. The van der Waals surface area contributed by atoms with Crippen LogP contribution in [0.4, 0.5) is 4.39 Å². The van der Waals surface area contributed by atoms with Gasteiger partial charge in [-0.25, -0.2) is 4.39 Å². The Hall–Kier alpha value is -0.600. The van der Waals surface area contributed by atoms with Gasteiger partial charge in [-0.15, -0.1) is 0 Å². The van der Waals surface area contributed by atoms with Crippen LogP contribution in [-0.4, -0.2) is 17.2 Å². The van der Waals surface area contributed by atoms with Crippen LogP contribution in [0.3, 0.4) is 0 Å². The summed E-state index contributed by atoms with van der Waals surface area (Å²) in [6, 6.07) is 0. The van der Waals surface area contributed by atoms with Gasteiger partial charge in [-0.05, 0) is 6.42 Å². The minimum Gasteiger partial charge on any atom is -0.481 e. The SMILES string of the molecule is CCCCCCCC(F)CC(=O)O. The molecule has 0 spiro atoms. The van der Waals surface area contributed by atoms with Gasteiger partial charge in [0, 0.05) is 0 Å². The molecule has 0 radical (unpaired) electrons. The van der Waals surface area contributed by atoms with Crippen molar-refractivity contribution < 1.29 is 14.3 Å². The fraction of sp³-hybridized carbons (Fsp3) is 0.900. The van der Waals surface area contributed by atoms with Crippen molar-refractivity contribution in [1.29, 1.82) is 0 Å². The molecule has 1 unspecified atom stereocenters. The monoisotopic (exact) mass is 190 g/mol. The standard InChI is InChI=1S/C10H19FO2/c1-2-3-4-5-6-7-9(11)8-10(12)13/h9H,2-8H2,1H3,(H,12,13). The fourth-order valence-corrected chi connectivity index (χ4v) is 1.26. The Morgan fingerprint density at radius 2 is 1.92 bits per heavy atom. The Balaban J connectivity index is 3.17. The molecule has 78 valence electrons. The maximum Gasteiger partial charge on any atom is 0.306 e. The number of alkyl halides is 1. The van der Waals surface area contributed by atoms with E-state index in [4.69, 9.17) is 5.11 Å². The van der Waals surface area contributed by atoms with Crippen molar-refractivity contribution in [2.75, 3.05) is 0 Å². The van der Waals surface area contributed by atoms with Gasteiger partial charge in [0.15, 0.2) is 0 Å². The van der Waals surface area contributed by atoms with Gasteiger partial charge in [0.1, 0.15) is 6.17 Å². The molecule has 2 nitrogen and oxygen atoms in total. The van der Waals surface area contributed by atoms with Gasteiger partial charge in [0.05, 0.1) is 6.42 Å². The van der Waals surface area contributed by atoms with Crippen LogP contribution in [0.1, 0.15) is 51.9 Å². The number of halogens is 1. The molecule has 0 saturated heterocycles. The molecule has 0 bridgehead atoms. The first-order valence-corrected chi connectivity index (χ1v) is 5.02. The minimum atomic E-state index is -1.15. The van der Waals surface area contributed by atoms with Gasteiger partial charge in [0.25, 0.3) is 0 Å².